The van der Waals surface area contributed by atoms with Crippen molar-refractivity contribution in [2.24, 2.45) is 0 Å². The summed E-state index contributed by atoms with van der Waals surface area (Å²) in [5.41, 5.74) is 6.90. The number of thiophene rings is 1. The molecule has 9 aromatic carbocycles. The molecule has 0 unspecified atom stereocenters. The number of furan rings is 1. The van der Waals surface area contributed by atoms with Crippen LogP contribution in [-0.2, 0) is 0 Å². The first kappa shape index (κ1) is 24.6. The van der Waals surface area contributed by atoms with Crippen molar-refractivity contribution in [3.63, 3.8) is 0 Å². The Kier molecular flexibility index (Phi) is 4.78. The largest absolute Gasteiger partial charge is 0.455 e. The van der Waals surface area contributed by atoms with E-state index < -0.39 is 0 Å². The van der Waals surface area contributed by atoms with Crippen LogP contribution in [0.5, 0.6) is 0 Å². The summed E-state index contributed by atoms with van der Waals surface area (Å²) in [7, 11) is 0. The molecule has 1 nitrogen and oxygen atoms in total. The van der Waals surface area contributed by atoms with E-state index in [1.165, 1.54) is 90.9 Å². The first-order valence-corrected chi connectivity index (χ1v) is 16.6. The van der Waals surface area contributed by atoms with Crippen molar-refractivity contribution in [1.29, 1.82) is 0 Å². The third-order valence-corrected chi connectivity index (χ3v) is 11.2. The quantitative estimate of drug-likeness (QED) is 0.180. The van der Waals surface area contributed by atoms with Crippen LogP contribution in [0.1, 0.15) is 0 Å². The zero-order valence-corrected chi connectivity index (χ0v) is 25.5. The molecule has 212 valence electrons. The Morgan fingerprint density at radius 1 is 0.391 bits per heavy atom. The van der Waals surface area contributed by atoms with Gasteiger partial charge in [-0.3, -0.25) is 0 Å². The van der Waals surface area contributed by atoms with Gasteiger partial charge in [0.15, 0.2) is 5.58 Å². The summed E-state index contributed by atoms with van der Waals surface area (Å²) in [5, 5.41) is 15.2. The number of para-hydroxylation sites is 1. The summed E-state index contributed by atoms with van der Waals surface area (Å²) >= 11 is 1.83. The molecule has 0 saturated heterocycles. The van der Waals surface area contributed by atoms with Gasteiger partial charge in [-0.15, -0.1) is 11.3 Å². The molecule has 0 N–H and O–H groups in total. The average Bonchev–Trinajstić information content (AvgIpc) is 3.69. The zero-order valence-electron chi connectivity index (χ0n) is 24.7. The van der Waals surface area contributed by atoms with Crippen LogP contribution in [0.4, 0.5) is 0 Å². The highest BCUT2D eigenvalue weighted by molar-refractivity contribution is 7.26. The SMILES string of the molecule is c1ccc2cc(-c3ccc4ccc5c(-c6cc7c8ccccc8sc7c7oc8ccccc8c67)ccc6ccc3c4c65)ccc2c1. The second kappa shape index (κ2) is 8.94. The Morgan fingerprint density at radius 3 is 1.89 bits per heavy atom. The Balaban J connectivity index is 1.26. The summed E-state index contributed by atoms with van der Waals surface area (Å²) in [6, 6.07) is 53.6. The van der Waals surface area contributed by atoms with Crippen molar-refractivity contribution < 1.29 is 4.42 Å². The van der Waals surface area contributed by atoms with Gasteiger partial charge in [-0.1, -0.05) is 121 Å². The molecule has 2 heterocycles. The molecule has 46 heavy (non-hydrogen) atoms. The van der Waals surface area contributed by atoms with Crippen molar-refractivity contribution in [3.8, 4) is 22.3 Å². The molecule has 0 spiro atoms. The highest BCUT2D eigenvalue weighted by Crippen LogP contribution is 2.49. The maximum absolute atomic E-state index is 6.69. The minimum Gasteiger partial charge on any atom is -0.455 e. The van der Waals surface area contributed by atoms with Gasteiger partial charge in [0.1, 0.15) is 5.58 Å². The lowest BCUT2D eigenvalue weighted by Gasteiger charge is -2.17. The van der Waals surface area contributed by atoms with E-state index in [0.29, 0.717) is 0 Å². The van der Waals surface area contributed by atoms with Crippen LogP contribution >= 0.6 is 11.3 Å². The summed E-state index contributed by atoms with van der Waals surface area (Å²) < 4.78 is 9.19. The lowest BCUT2D eigenvalue weighted by molar-refractivity contribution is 0.673. The summed E-state index contributed by atoms with van der Waals surface area (Å²) in [6.07, 6.45) is 0. The number of rotatable bonds is 2. The van der Waals surface area contributed by atoms with E-state index >= 15 is 0 Å². The van der Waals surface area contributed by atoms with Crippen LogP contribution in [0, 0.1) is 0 Å². The standard InChI is InChI=1S/C44H24OS/c1-2-8-28-23-29(14-13-25(28)7-1)30-19-15-26-18-22-34-31(20-16-27-17-21-33(30)40(26)41(27)34)36-24-37-32-9-4-6-12-39(32)46-44(37)43-42(36)35-10-3-5-11-38(35)45-43/h1-24H. The molecule has 0 radical (unpaired) electrons. The van der Waals surface area contributed by atoms with Crippen molar-refractivity contribution in [3.05, 3.63) is 146 Å². The average molecular weight is 601 g/mol. The molecule has 0 aliphatic heterocycles. The minimum absolute atomic E-state index is 0.932. The van der Waals surface area contributed by atoms with E-state index in [0.717, 1.165) is 16.6 Å². The molecule has 0 aliphatic rings. The Bertz CT molecular complexity index is 3030. The monoisotopic (exact) mass is 600 g/mol. The Labute approximate surface area is 267 Å². The van der Waals surface area contributed by atoms with Gasteiger partial charge >= 0.3 is 0 Å². The van der Waals surface area contributed by atoms with E-state index in [4.69, 9.17) is 4.42 Å². The molecular formula is C44H24OS. The molecule has 0 fully saturated rings. The summed E-state index contributed by atoms with van der Waals surface area (Å²) in [4.78, 5) is 0. The van der Waals surface area contributed by atoms with E-state index in [1.54, 1.807) is 0 Å². The second-order valence-electron chi connectivity index (χ2n) is 12.4. The summed E-state index contributed by atoms with van der Waals surface area (Å²) in [5.74, 6) is 0. The van der Waals surface area contributed by atoms with Crippen LogP contribution in [0.25, 0.3) is 107 Å². The normalized spacial score (nSPS) is 12.3. The van der Waals surface area contributed by atoms with E-state index in [1.807, 2.05) is 11.3 Å². The van der Waals surface area contributed by atoms with Crippen molar-refractivity contribution in [2.75, 3.05) is 0 Å². The highest BCUT2D eigenvalue weighted by Gasteiger charge is 2.22. The van der Waals surface area contributed by atoms with Gasteiger partial charge in [0.2, 0.25) is 0 Å². The molecule has 0 amide bonds. The van der Waals surface area contributed by atoms with Crippen molar-refractivity contribution >= 4 is 96.5 Å². The van der Waals surface area contributed by atoms with Gasteiger partial charge in [-0.25, -0.2) is 0 Å². The van der Waals surface area contributed by atoms with Gasteiger partial charge in [0.25, 0.3) is 0 Å². The molecule has 11 rings (SSSR count). The van der Waals surface area contributed by atoms with E-state index in [-0.39, 0.29) is 0 Å². The maximum Gasteiger partial charge on any atom is 0.153 e. The second-order valence-corrected chi connectivity index (χ2v) is 13.5. The number of fused-ring (bicyclic) bond motifs is 8. The van der Waals surface area contributed by atoms with Crippen molar-refractivity contribution in [1.82, 2.24) is 0 Å². The van der Waals surface area contributed by atoms with Crippen LogP contribution < -0.4 is 0 Å². The van der Waals surface area contributed by atoms with Gasteiger partial charge in [0, 0.05) is 26.2 Å². The Hall–Kier alpha value is -5.70. The molecule has 0 saturated carbocycles. The van der Waals surface area contributed by atoms with Crippen LogP contribution in [-0.4, -0.2) is 0 Å². The topological polar surface area (TPSA) is 13.1 Å². The van der Waals surface area contributed by atoms with E-state index in [2.05, 4.69) is 146 Å². The fraction of sp³-hybridized carbons (Fsp3) is 0. The zero-order chi connectivity index (χ0) is 29.9. The highest BCUT2D eigenvalue weighted by atomic mass is 32.1. The minimum atomic E-state index is 0.932. The predicted octanol–water partition coefficient (Wildman–Crippen LogP) is 13.3. The smallest absolute Gasteiger partial charge is 0.153 e. The molecular weight excluding hydrogens is 577 g/mol. The first-order chi connectivity index (χ1) is 22.8. The number of hydrogen-bond donors (Lipinski definition) is 0. The summed E-state index contributed by atoms with van der Waals surface area (Å²) in [6.45, 7) is 0. The third kappa shape index (κ3) is 3.24. The maximum atomic E-state index is 6.69. The van der Waals surface area contributed by atoms with E-state index in [9.17, 15) is 0 Å². The Morgan fingerprint density at radius 2 is 1.04 bits per heavy atom. The van der Waals surface area contributed by atoms with Gasteiger partial charge in [-0.05, 0) is 89.6 Å². The molecule has 0 atom stereocenters. The fourth-order valence-electron chi connectivity index (χ4n) is 7.92. The third-order valence-electron chi connectivity index (χ3n) is 10.0. The van der Waals surface area contributed by atoms with Gasteiger partial charge < -0.3 is 4.42 Å². The fourth-order valence-corrected chi connectivity index (χ4v) is 9.09. The molecule has 0 aliphatic carbocycles. The van der Waals surface area contributed by atoms with Crippen LogP contribution in [0.2, 0.25) is 0 Å². The molecule has 2 heteroatoms. The number of hydrogen-bond acceptors (Lipinski definition) is 2. The first-order valence-electron chi connectivity index (χ1n) is 15.8. The molecule has 0 bridgehead atoms. The number of benzene rings is 9. The van der Waals surface area contributed by atoms with Gasteiger partial charge in [-0.2, -0.15) is 0 Å². The lowest BCUT2D eigenvalue weighted by atomic mass is 9.86. The van der Waals surface area contributed by atoms with Crippen molar-refractivity contribution in [2.45, 2.75) is 0 Å². The lowest BCUT2D eigenvalue weighted by Crippen LogP contribution is -1.90. The molecule has 2 aromatic heterocycles. The van der Waals surface area contributed by atoms with Crippen LogP contribution in [0.15, 0.2) is 150 Å². The van der Waals surface area contributed by atoms with Crippen LogP contribution in [0.3, 0.4) is 0 Å². The predicted molar refractivity (Wildman–Crippen MR) is 199 cm³/mol. The van der Waals surface area contributed by atoms with Gasteiger partial charge in [0.05, 0.1) is 4.70 Å². The molecule has 11 aromatic rings.